The lowest BCUT2D eigenvalue weighted by molar-refractivity contribution is 0.622. The van der Waals surface area contributed by atoms with Crippen LogP contribution in [0.2, 0.25) is 0 Å². The highest BCUT2D eigenvalue weighted by atomic mass is 15.2. The van der Waals surface area contributed by atoms with Crippen molar-refractivity contribution in [2.24, 2.45) is 0 Å². The van der Waals surface area contributed by atoms with Crippen molar-refractivity contribution in [1.82, 2.24) is 0 Å². The Bertz CT molecular complexity index is 333. The molecule has 1 aromatic rings. The van der Waals surface area contributed by atoms with Crippen LogP contribution in [0, 0.1) is 6.92 Å². The molecule has 2 heteroatoms. The Balaban J connectivity index is 2.38. The molecule has 2 rings (SSSR count). The van der Waals surface area contributed by atoms with Gasteiger partial charge in [-0.2, -0.15) is 0 Å². The van der Waals surface area contributed by atoms with Crippen LogP contribution in [-0.2, 0) is 0 Å². The zero-order chi connectivity index (χ0) is 10.1. The van der Waals surface area contributed by atoms with E-state index < -0.39 is 0 Å². The molecule has 0 radical (unpaired) electrons. The van der Waals surface area contributed by atoms with Gasteiger partial charge in [0.05, 0.1) is 11.4 Å². The summed E-state index contributed by atoms with van der Waals surface area (Å²) >= 11 is 0. The summed E-state index contributed by atoms with van der Waals surface area (Å²) in [6, 6.07) is 7.22. The average molecular weight is 190 g/mol. The number of anilines is 2. The van der Waals surface area contributed by atoms with Gasteiger partial charge in [0, 0.05) is 19.6 Å². The number of nitrogens with one attached hydrogen (secondary N) is 1. The van der Waals surface area contributed by atoms with Gasteiger partial charge in [0.15, 0.2) is 0 Å². The molecule has 1 aliphatic heterocycles. The first-order valence-corrected chi connectivity index (χ1v) is 5.29. The first-order valence-electron chi connectivity index (χ1n) is 5.29. The average Bonchev–Trinajstić information content (AvgIpc) is 2.20. The third-order valence-corrected chi connectivity index (χ3v) is 3.08. The second kappa shape index (κ2) is 3.52. The summed E-state index contributed by atoms with van der Waals surface area (Å²) in [5.41, 5.74) is 3.93. The van der Waals surface area contributed by atoms with Crippen molar-refractivity contribution in [3.05, 3.63) is 23.8 Å². The largest absolute Gasteiger partial charge is 0.381 e. The van der Waals surface area contributed by atoms with Gasteiger partial charge >= 0.3 is 0 Å². The molecule has 1 N–H and O–H groups in total. The summed E-state index contributed by atoms with van der Waals surface area (Å²) in [5, 5.41) is 3.48. The van der Waals surface area contributed by atoms with Crippen LogP contribution in [0.4, 0.5) is 11.4 Å². The van der Waals surface area contributed by atoms with E-state index >= 15 is 0 Å². The minimum Gasteiger partial charge on any atom is -0.381 e. The molecule has 0 saturated heterocycles. The Hall–Kier alpha value is -1.18. The van der Waals surface area contributed by atoms with Crippen LogP contribution in [0.25, 0.3) is 0 Å². The highest BCUT2D eigenvalue weighted by Gasteiger charge is 2.20. The van der Waals surface area contributed by atoms with E-state index in [0.717, 1.165) is 6.54 Å². The van der Waals surface area contributed by atoms with Crippen molar-refractivity contribution >= 4 is 11.4 Å². The molecule has 0 saturated carbocycles. The summed E-state index contributed by atoms with van der Waals surface area (Å²) in [4.78, 5) is 2.39. The number of hydrogen-bond acceptors (Lipinski definition) is 2. The Labute approximate surface area is 85.9 Å². The molecule has 0 aromatic heterocycles. The number of benzene rings is 1. The second-order valence-electron chi connectivity index (χ2n) is 4.07. The molecule has 0 aliphatic carbocycles. The minimum atomic E-state index is 0.629. The number of likely N-dealkylation sites (N-methyl/N-ethyl adjacent to an activating group) is 1. The van der Waals surface area contributed by atoms with Crippen molar-refractivity contribution in [2.75, 3.05) is 23.8 Å². The van der Waals surface area contributed by atoms with E-state index in [1.54, 1.807) is 0 Å². The Morgan fingerprint density at radius 3 is 3.00 bits per heavy atom. The molecular formula is C12H18N2. The molecule has 0 amide bonds. The molecule has 76 valence electrons. The van der Waals surface area contributed by atoms with Crippen LogP contribution < -0.4 is 10.2 Å². The van der Waals surface area contributed by atoms with Crippen LogP contribution in [0.3, 0.4) is 0 Å². The molecule has 2 nitrogen and oxygen atoms in total. The maximum absolute atomic E-state index is 3.48. The zero-order valence-electron chi connectivity index (χ0n) is 9.17. The highest BCUT2D eigenvalue weighted by Crippen LogP contribution is 2.31. The normalized spacial score (nSPS) is 20.2. The number of nitrogens with zero attached hydrogens (tertiary/aromatic N) is 1. The lowest BCUT2D eigenvalue weighted by Crippen LogP contribution is -2.40. The van der Waals surface area contributed by atoms with Gasteiger partial charge in [-0.05, 0) is 31.0 Å². The van der Waals surface area contributed by atoms with E-state index in [0.29, 0.717) is 6.04 Å². The van der Waals surface area contributed by atoms with Crippen molar-refractivity contribution in [3.8, 4) is 0 Å². The van der Waals surface area contributed by atoms with E-state index in [1.165, 1.54) is 23.4 Å². The molecule has 0 fully saturated rings. The molecule has 0 spiro atoms. The third-order valence-electron chi connectivity index (χ3n) is 3.08. The van der Waals surface area contributed by atoms with Gasteiger partial charge in [-0.1, -0.05) is 13.0 Å². The van der Waals surface area contributed by atoms with E-state index in [4.69, 9.17) is 0 Å². The van der Waals surface area contributed by atoms with Crippen LogP contribution in [0.5, 0.6) is 0 Å². The number of hydrogen-bond donors (Lipinski definition) is 1. The first kappa shape index (κ1) is 9.38. The van der Waals surface area contributed by atoms with Crippen molar-refractivity contribution in [2.45, 2.75) is 26.3 Å². The van der Waals surface area contributed by atoms with Gasteiger partial charge in [0.2, 0.25) is 0 Å². The molecule has 14 heavy (non-hydrogen) atoms. The fourth-order valence-electron chi connectivity index (χ4n) is 2.06. The topological polar surface area (TPSA) is 15.3 Å². The lowest BCUT2D eigenvalue weighted by atomic mass is 10.1. The fraction of sp³-hybridized carbons (Fsp3) is 0.500. The Morgan fingerprint density at radius 1 is 1.50 bits per heavy atom. The maximum atomic E-state index is 3.48. The number of aryl methyl sites for hydroxylation is 1. The third kappa shape index (κ3) is 1.45. The molecule has 1 aliphatic rings. The quantitative estimate of drug-likeness (QED) is 0.732. The predicted octanol–water partition coefficient (Wildman–Crippen LogP) is 2.64. The minimum absolute atomic E-state index is 0.629. The highest BCUT2D eigenvalue weighted by molar-refractivity contribution is 5.73. The molecule has 1 aromatic carbocycles. The molecule has 1 unspecified atom stereocenters. The standard InChI is InChI=1S/C12H18N2/c1-4-10-8-13-11-6-5-9(2)7-12(11)14(10)3/h5-7,10,13H,4,8H2,1-3H3. The first-order chi connectivity index (χ1) is 6.72. The predicted molar refractivity (Wildman–Crippen MR) is 62.2 cm³/mol. The number of fused-ring (bicyclic) bond motifs is 1. The van der Waals surface area contributed by atoms with Gasteiger partial charge < -0.3 is 10.2 Å². The van der Waals surface area contributed by atoms with Crippen molar-refractivity contribution in [1.29, 1.82) is 0 Å². The summed E-state index contributed by atoms with van der Waals surface area (Å²) in [6.45, 7) is 5.44. The van der Waals surface area contributed by atoms with Gasteiger partial charge in [-0.3, -0.25) is 0 Å². The molecule has 0 bridgehead atoms. The van der Waals surface area contributed by atoms with Crippen molar-refractivity contribution < 1.29 is 0 Å². The number of rotatable bonds is 1. The van der Waals surface area contributed by atoms with Gasteiger partial charge in [-0.15, -0.1) is 0 Å². The van der Waals surface area contributed by atoms with Gasteiger partial charge in [0.1, 0.15) is 0 Å². The Morgan fingerprint density at radius 2 is 2.29 bits per heavy atom. The van der Waals surface area contributed by atoms with E-state index in [9.17, 15) is 0 Å². The van der Waals surface area contributed by atoms with E-state index in [1.807, 2.05) is 0 Å². The van der Waals surface area contributed by atoms with Gasteiger partial charge in [0.25, 0.3) is 0 Å². The molecule has 1 atom stereocenters. The van der Waals surface area contributed by atoms with Gasteiger partial charge in [-0.25, -0.2) is 0 Å². The maximum Gasteiger partial charge on any atom is 0.0605 e. The molecule has 1 heterocycles. The van der Waals surface area contributed by atoms with Crippen LogP contribution in [0.1, 0.15) is 18.9 Å². The summed E-state index contributed by atoms with van der Waals surface area (Å²) < 4.78 is 0. The van der Waals surface area contributed by atoms with Crippen LogP contribution >= 0.6 is 0 Å². The molecular weight excluding hydrogens is 172 g/mol. The summed E-state index contributed by atoms with van der Waals surface area (Å²) in [6.07, 6.45) is 1.19. The SMILES string of the molecule is CCC1CNc2ccc(C)cc2N1C. The summed E-state index contributed by atoms with van der Waals surface area (Å²) in [5.74, 6) is 0. The lowest BCUT2D eigenvalue weighted by Gasteiger charge is -2.36. The smallest absolute Gasteiger partial charge is 0.0605 e. The monoisotopic (exact) mass is 190 g/mol. The second-order valence-corrected chi connectivity index (χ2v) is 4.07. The van der Waals surface area contributed by atoms with E-state index in [-0.39, 0.29) is 0 Å². The van der Waals surface area contributed by atoms with Crippen molar-refractivity contribution in [3.63, 3.8) is 0 Å². The van der Waals surface area contributed by atoms with Crippen LogP contribution in [0.15, 0.2) is 18.2 Å². The zero-order valence-corrected chi connectivity index (χ0v) is 9.17. The van der Waals surface area contributed by atoms with Crippen LogP contribution in [-0.4, -0.2) is 19.6 Å². The fourth-order valence-corrected chi connectivity index (χ4v) is 2.06. The van der Waals surface area contributed by atoms with E-state index in [2.05, 4.69) is 49.3 Å². The summed E-state index contributed by atoms with van der Waals surface area (Å²) in [7, 11) is 2.19. The Kier molecular flexibility index (Phi) is 2.36.